The predicted octanol–water partition coefficient (Wildman–Crippen LogP) is 3.64. The molecule has 1 aliphatic heterocycles. The van der Waals surface area contributed by atoms with Crippen molar-refractivity contribution in [1.82, 2.24) is 15.3 Å². The number of nitrogens with one attached hydrogen (secondary N) is 2. The van der Waals surface area contributed by atoms with Gasteiger partial charge < -0.3 is 15.2 Å². The average Bonchev–Trinajstić information content (AvgIpc) is 3.18. The molecule has 25 heavy (non-hydrogen) atoms. The van der Waals surface area contributed by atoms with E-state index in [-0.39, 0.29) is 11.9 Å². The number of aromatic amines is 1. The number of aryl methyl sites for hydroxylation is 2. The first-order valence-corrected chi connectivity index (χ1v) is 9.49. The first-order valence-electron chi connectivity index (χ1n) is 8.68. The summed E-state index contributed by atoms with van der Waals surface area (Å²) in [6.45, 7) is 5.74. The van der Waals surface area contributed by atoms with E-state index in [4.69, 9.17) is 4.98 Å². The summed E-state index contributed by atoms with van der Waals surface area (Å²) in [7, 11) is 0. The first-order chi connectivity index (χ1) is 12.1. The van der Waals surface area contributed by atoms with E-state index in [1.807, 2.05) is 32.0 Å². The molecule has 0 unspecified atom stereocenters. The summed E-state index contributed by atoms with van der Waals surface area (Å²) in [6.07, 6.45) is 2.06. The molecule has 0 saturated carbocycles. The second-order valence-corrected chi connectivity index (χ2v) is 7.74. The van der Waals surface area contributed by atoms with Gasteiger partial charge in [0.05, 0.1) is 10.2 Å². The molecule has 0 spiro atoms. The zero-order valence-electron chi connectivity index (χ0n) is 14.5. The van der Waals surface area contributed by atoms with Gasteiger partial charge in [0, 0.05) is 24.8 Å². The van der Waals surface area contributed by atoms with E-state index in [1.165, 1.54) is 4.70 Å². The van der Waals surface area contributed by atoms with Gasteiger partial charge in [-0.15, -0.1) is 0 Å². The van der Waals surface area contributed by atoms with E-state index in [9.17, 15) is 4.79 Å². The standard InChI is InChI=1S/C19H22N4OS/c1-12-10-13(2)20-17(12)18(24)21-14-6-5-9-23(11-14)19-22-15-7-3-4-8-16(15)25-19/h3-4,7-8,10,14,20H,5-6,9,11H2,1-2H3,(H,21,24)/t14-/m0/s1. The monoisotopic (exact) mass is 354 g/mol. The molecule has 2 aromatic heterocycles. The topological polar surface area (TPSA) is 61.0 Å². The fraction of sp³-hybridized carbons (Fsp3) is 0.368. The van der Waals surface area contributed by atoms with E-state index in [1.54, 1.807) is 11.3 Å². The zero-order valence-corrected chi connectivity index (χ0v) is 15.3. The van der Waals surface area contributed by atoms with Crippen LogP contribution in [0.3, 0.4) is 0 Å². The molecule has 5 nitrogen and oxygen atoms in total. The van der Waals surface area contributed by atoms with Crippen LogP contribution >= 0.6 is 11.3 Å². The van der Waals surface area contributed by atoms with Gasteiger partial charge in [-0.1, -0.05) is 23.5 Å². The van der Waals surface area contributed by atoms with Gasteiger partial charge in [0.25, 0.3) is 5.91 Å². The van der Waals surface area contributed by atoms with Gasteiger partial charge in [0.15, 0.2) is 5.13 Å². The smallest absolute Gasteiger partial charge is 0.268 e. The zero-order chi connectivity index (χ0) is 17.4. The van der Waals surface area contributed by atoms with E-state index in [0.717, 1.165) is 47.8 Å². The SMILES string of the molecule is Cc1cc(C)c(C(=O)N[C@H]2CCCN(c3nc4ccccc4s3)C2)[nH]1. The Morgan fingerprint density at radius 1 is 1.36 bits per heavy atom. The van der Waals surface area contributed by atoms with E-state index < -0.39 is 0 Å². The highest BCUT2D eigenvalue weighted by molar-refractivity contribution is 7.22. The Hall–Kier alpha value is -2.34. The number of piperidine rings is 1. The Bertz CT molecular complexity index is 880. The molecule has 0 aliphatic carbocycles. The minimum atomic E-state index is -0.0123. The lowest BCUT2D eigenvalue weighted by Gasteiger charge is -2.32. The number of aromatic nitrogens is 2. The number of hydrogen-bond donors (Lipinski definition) is 2. The molecule has 1 amide bonds. The third-order valence-electron chi connectivity index (χ3n) is 4.69. The molecule has 6 heteroatoms. The van der Waals surface area contributed by atoms with Crippen molar-refractivity contribution >= 4 is 32.6 Å². The van der Waals surface area contributed by atoms with Crippen LogP contribution in [0.4, 0.5) is 5.13 Å². The number of hydrogen-bond acceptors (Lipinski definition) is 4. The van der Waals surface area contributed by atoms with Crippen LogP contribution in [0.5, 0.6) is 0 Å². The molecule has 0 radical (unpaired) electrons. The highest BCUT2D eigenvalue weighted by Gasteiger charge is 2.24. The minimum Gasteiger partial charge on any atom is -0.354 e. The number of para-hydroxylation sites is 1. The molecule has 1 fully saturated rings. The number of rotatable bonds is 3. The maximum atomic E-state index is 12.6. The third-order valence-corrected chi connectivity index (χ3v) is 5.78. The largest absolute Gasteiger partial charge is 0.354 e. The fourth-order valence-corrected chi connectivity index (χ4v) is 4.49. The van der Waals surface area contributed by atoms with E-state index in [2.05, 4.69) is 27.3 Å². The molecule has 1 aliphatic rings. The van der Waals surface area contributed by atoms with Gasteiger partial charge in [-0.3, -0.25) is 4.79 Å². The lowest BCUT2D eigenvalue weighted by molar-refractivity contribution is 0.0928. The van der Waals surface area contributed by atoms with Crippen LogP contribution in [0.25, 0.3) is 10.2 Å². The van der Waals surface area contributed by atoms with Crippen LogP contribution in [-0.4, -0.2) is 35.0 Å². The van der Waals surface area contributed by atoms with Crippen LogP contribution in [0.15, 0.2) is 30.3 Å². The molecule has 0 bridgehead atoms. The molecule has 3 aromatic rings. The van der Waals surface area contributed by atoms with Crippen LogP contribution in [0.2, 0.25) is 0 Å². The molecule has 1 atom stereocenters. The second-order valence-electron chi connectivity index (χ2n) is 6.73. The third kappa shape index (κ3) is 3.26. The van der Waals surface area contributed by atoms with Gasteiger partial charge in [0.2, 0.25) is 0 Å². The Labute approximate surface area is 151 Å². The van der Waals surface area contributed by atoms with Crippen molar-refractivity contribution in [3.05, 3.63) is 47.3 Å². The number of thiazole rings is 1. The molecule has 2 N–H and O–H groups in total. The predicted molar refractivity (Wildman–Crippen MR) is 103 cm³/mol. The molecule has 1 saturated heterocycles. The number of carbonyl (C=O) groups is 1. The highest BCUT2D eigenvalue weighted by Crippen LogP contribution is 2.30. The summed E-state index contributed by atoms with van der Waals surface area (Å²) in [6, 6.07) is 10.4. The maximum Gasteiger partial charge on any atom is 0.268 e. The van der Waals surface area contributed by atoms with Crippen LogP contribution < -0.4 is 10.2 Å². The van der Waals surface area contributed by atoms with Crippen molar-refractivity contribution in [3.8, 4) is 0 Å². The number of amides is 1. The van der Waals surface area contributed by atoms with Gasteiger partial charge in [-0.2, -0.15) is 0 Å². The number of anilines is 1. The normalized spacial score (nSPS) is 17.8. The summed E-state index contributed by atoms with van der Waals surface area (Å²) in [5.41, 5.74) is 3.73. The van der Waals surface area contributed by atoms with Crippen LogP contribution in [0.1, 0.15) is 34.6 Å². The summed E-state index contributed by atoms with van der Waals surface area (Å²) < 4.78 is 1.21. The number of nitrogens with zero attached hydrogens (tertiary/aromatic N) is 2. The molecular formula is C19H22N4OS. The van der Waals surface area contributed by atoms with Crippen molar-refractivity contribution in [3.63, 3.8) is 0 Å². The minimum absolute atomic E-state index is 0.0123. The number of benzene rings is 1. The summed E-state index contributed by atoms with van der Waals surface area (Å²) in [4.78, 5) is 22.8. The first kappa shape index (κ1) is 16.1. The summed E-state index contributed by atoms with van der Waals surface area (Å²) in [5, 5.41) is 4.24. The number of carbonyl (C=O) groups excluding carboxylic acids is 1. The second kappa shape index (κ2) is 6.52. The summed E-state index contributed by atoms with van der Waals surface area (Å²) in [5.74, 6) is -0.0123. The van der Waals surface area contributed by atoms with E-state index in [0.29, 0.717) is 5.69 Å². The molecule has 3 heterocycles. The number of H-pyrrole nitrogens is 1. The Morgan fingerprint density at radius 2 is 2.20 bits per heavy atom. The van der Waals surface area contributed by atoms with Crippen molar-refractivity contribution in [1.29, 1.82) is 0 Å². The lowest BCUT2D eigenvalue weighted by atomic mass is 10.1. The Balaban J connectivity index is 1.47. The van der Waals surface area contributed by atoms with Gasteiger partial charge in [-0.25, -0.2) is 4.98 Å². The molecular weight excluding hydrogens is 332 g/mol. The molecule has 1 aromatic carbocycles. The van der Waals surface area contributed by atoms with Crippen molar-refractivity contribution in [2.24, 2.45) is 0 Å². The quantitative estimate of drug-likeness (QED) is 0.755. The Kier molecular flexibility index (Phi) is 4.21. The van der Waals surface area contributed by atoms with E-state index >= 15 is 0 Å². The highest BCUT2D eigenvalue weighted by atomic mass is 32.1. The van der Waals surface area contributed by atoms with Gasteiger partial charge in [0.1, 0.15) is 5.69 Å². The maximum absolute atomic E-state index is 12.6. The fourth-order valence-electron chi connectivity index (χ4n) is 3.49. The van der Waals surface area contributed by atoms with Crippen LogP contribution in [0, 0.1) is 13.8 Å². The van der Waals surface area contributed by atoms with Crippen LogP contribution in [-0.2, 0) is 0 Å². The van der Waals surface area contributed by atoms with Gasteiger partial charge >= 0.3 is 0 Å². The number of fused-ring (bicyclic) bond motifs is 1. The van der Waals surface area contributed by atoms with Crippen molar-refractivity contribution < 1.29 is 4.79 Å². The average molecular weight is 354 g/mol. The molecule has 130 valence electrons. The van der Waals surface area contributed by atoms with Crippen molar-refractivity contribution in [2.75, 3.05) is 18.0 Å². The summed E-state index contributed by atoms with van der Waals surface area (Å²) >= 11 is 1.72. The van der Waals surface area contributed by atoms with Gasteiger partial charge in [-0.05, 0) is 50.5 Å². The Morgan fingerprint density at radius 3 is 2.96 bits per heavy atom. The molecule has 4 rings (SSSR count). The van der Waals surface area contributed by atoms with Crippen molar-refractivity contribution in [2.45, 2.75) is 32.7 Å². The lowest BCUT2D eigenvalue weighted by Crippen LogP contribution is -2.48.